The number of hydrogen-bond donors (Lipinski definition) is 0. The van der Waals surface area contributed by atoms with Crippen LogP contribution < -0.4 is 9.47 Å². The maximum absolute atomic E-state index is 13.4. The molecule has 1 aliphatic heterocycles. The Morgan fingerprint density at radius 3 is 2.69 bits per heavy atom. The van der Waals surface area contributed by atoms with Gasteiger partial charge in [0.05, 0.1) is 5.56 Å². The molecule has 0 bridgehead atoms. The summed E-state index contributed by atoms with van der Waals surface area (Å²) in [6.45, 7) is 2.06. The molecule has 0 fully saturated rings. The molecule has 0 N–H and O–H groups in total. The highest BCUT2D eigenvalue weighted by molar-refractivity contribution is 6.35. The number of benzene rings is 3. The van der Waals surface area contributed by atoms with Crippen LogP contribution in [-0.4, -0.2) is 5.78 Å². The average Bonchev–Trinajstić information content (AvgIpc) is 2.99. The number of halogens is 3. The number of ether oxygens (including phenoxy) is 2. The number of ketones is 1. The molecular weight excluding hydrogens is 414 g/mol. The molecule has 146 valence electrons. The first kappa shape index (κ1) is 19.5. The Bertz CT molecular complexity index is 1150. The Kier molecular flexibility index (Phi) is 5.31. The summed E-state index contributed by atoms with van der Waals surface area (Å²) in [7, 11) is 0. The fraction of sp³-hybridized carbons (Fsp3) is 0.0870. The Morgan fingerprint density at radius 2 is 1.93 bits per heavy atom. The zero-order valence-electron chi connectivity index (χ0n) is 15.3. The van der Waals surface area contributed by atoms with Gasteiger partial charge in [0.2, 0.25) is 5.78 Å². The van der Waals surface area contributed by atoms with Crippen LogP contribution in [0.5, 0.6) is 11.5 Å². The van der Waals surface area contributed by atoms with E-state index in [1.54, 1.807) is 42.5 Å². The summed E-state index contributed by atoms with van der Waals surface area (Å²) in [5, 5.41) is 1.07. The molecule has 3 aromatic carbocycles. The summed E-state index contributed by atoms with van der Waals surface area (Å²) in [6.07, 6.45) is 1.53. The van der Waals surface area contributed by atoms with Crippen LogP contribution >= 0.6 is 23.2 Å². The van der Waals surface area contributed by atoms with E-state index in [2.05, 4.69) is 0 Å². The van der Waals surface area contributed by atoms with E-state index in [1.807, 2.05) is 6.92 Å². The third-order valence-electron chi connectivity index (χ3n) is 4.58. The van der Waals surface area contributed by atoms with Gasteiger partial charge in [0.1, 0.15) is 23.9 Å². The van der Waals surface area contributed by atoms with Crippen molar-refractivity contribution in [3.8, 4) is 11.5 Å². The highest BCUT2D eigenvalue weighted by Crippen LogP contribution is 2.39. The third kappa shape index (κ3) is 4.00. The Balaban J connectivity index is 1.58. The minimum atomic E-state index is -0.380. The van der Waals surface area contributed by atoms with Crippen LogP contribution in [0.25, 0.3) is 6.08 Å². The van der Waals surface area contributed by atoms with E-state index in [9.17, 15) is 9.18 Å². The second-order valence-corrected chi connectivity index (χ2v) is 7.43. The van der Waals surface area contributed by atoms with Gasteiger partial charge in [-0.25, -0.2) is 4.39 Å². The van der Waals surface area contributed by atoms with E-state index in [-0.39, 0.29) is 24.0 Å². The van der Waals surface area contributed by atoms with Crippen molar-refractivity contribution in [3.05, 3.63) is 98.5 Å². The first-order valence-corrected chi connectivity index (χ1v) is 9.58. The molecule has 3 nitrogen and oxygen atoms in total. The molecule has 0 saturated carbocycles. The molecule has 6 heteroatoms. The van der Waals surface area contributed by atoms with Crippen molar-refractivity contribution in [2.45, 2.75) is 13.5 Å². The lowest BCUT2D eigenvalue weighted by molar-refractivity contribution is 0.101. The predicted octanol–water partition coefficient (Wildman–Crippen LogP) is 6.64. The van der Waals surface area contributed by atoms with Crippen LogP contribution in [0.3, 0.4) is 0 Å². The second kappa shape index (κ2) is 7.90. The average molecular weight is 429 g/mol. The van der Waals surface area contributed by atoms with Gasteiger partial charge in [0.15, 0.2) is 5.76 Å². The highest BCUT2D eigenvalue weighted by Gasteiger charge is 2.30. The van der Waals surface area contributed by atoms with Gasteiger partial charge < -0.3 is 9.47 Å². The highest BCUT2D eigenvalue weighted by atomic mass is 35.5. The van der Waals surface area contributed by atoms with E-state index in [0.717, 1.165) is 5.56 Å². The molecule has 0 spiro atoms. The van der Waals surface area contributed by atoms with Crippen LogP contribution in [0.2, 0.25) is 10.0 Å². The van der Waals surface area contributed by atoms with Crippen molar-refractivity contribution >= 4 is 35.1 Å². The summed E-state index contributed by atoms with van der Waals surface area (Å²) in [4.78, 5) is 12.6. The van der Waals surface area contributed by atoms with E-state index in [0.29, 0.717) is 38.2 Å². The minimum Gasteiger partial charge on any atom is -0.488 e. The summed E-state index contributed by atoms with van der Waals surface area (Å²) >= 11 is 12.1. The Morgan fingerprint density at radius 1 is 1.10 bits per heavy atom. The van der Waals surface area contributed by atoms with Gasteiger partial charge in [-0.15, -0.1) is 0 Å². The fourth-order valence-corrected chi connectivity index (χ4v) is 3.53. The molecule has 4 rings (SSSR count). The van der Waals surface area contributed by atoms with E-state index >= 15 is 0 Å². The van der Waals surface area contributed by atoms with Crippen LogP contribution in [0.1, 0.15) is 27.0 Å². The van der Waals surface area contributed by atoms with Gasteiger partial charge in [-0.3, -0.25) is 4.79 Å². The molecular formula is C23H15Cl2FO3. The number of carbonyl (C=O) groups excluding carboxylic acids is 1. The molecule has 29 heavy (non-hydrogen) atoms. The molecule has 0 aromatic heterocycles. The number of hydrogen-bond acceptors (Lipinski definition) is 3. The molecule has 0 amide bonds. The topological polar surface area (TPSA) is 35.5 Å². The lowest BCUT2D eigenvalue weighted by atomic mass is 10.1. The molecule has 3 aromatic rings. The molecule has 0 radical (unpaired) electrons. The van der Waals surface area contributed by atoms with Gasteiger partial charge in [-0.1, -0.05) is 41.4 Å². The lowest BCUT2D eigenvalue weighted by Gasteiger charge is -2.12. The predicted molar refractivity (Wildman–Crippen MR) is 111 cm³/mol. The Labute approximate surface area is 177 Å². The lowest BCUT2D eigenvalue weighted by Crippen LogP contribution is -1.99. The van der Waals surface area contributed by atoms with Crippen molar-refractivity contribution in [1.29, 1.82) is 0 Å². The molecule has 0 aliphatic carbocycles. The largest absolute Gasteiger partial charge is 0.488 e. The molecule has 1 aliphatic rings. The summed E-state index contributed by atoms with van der Waals surface area (Å²) in [6, 6.07) is 14.5. The van der Waals surface area contributed by atoms with E-state index in [4.69, 9.17) is 32.7 Å². The molecule has 0 unspecified atom stereocenters. The maximum atomic E-state index is 13.4. The normalized spacial score (nSPS) is 14.1. The van der Waals surface area contributed by atoms with Gasteiger partial charge in [0, 0.05) is 21.2 Å². The van der Waals surface area contributed by atoms with Crippen LogP contribution in [0.4, 0.5) is 4.39 Å². The van der Waals surface area contributed by atoms with Crippen molar-refractivity contribution in [2.24, 2.45) is 0 Å². The van der Waals surface area contributed by atoms with Crippen LogP contribution in [0.15, 0.2) is 60.4 Å². The third-order valence-corrected chi connectivity index (χ3v) is 5.17. The van der Waals surface area contributed by atoms with Crippen LogP contribution in [0, 0.1) is 12.7 Å². The summed E-state index contributed by atoms with van der Waals surface area (Å²) in [5.74, 6) is 0.535. The number of allylic oxidation sites excluding steroid dienone is 1. The zero-order chi connectivity index (χ0) is 20.5. The minimum absolute atomic E-state index is 0.145. The monoisotopic (exact) mass is 428 g/mol. The second-order valence-electron chi connectivity index (χ2n) is 6.58. The SMILES string of the molecule is Cc1c(OCc2ccc(Cl)cc2Cl)ccc2c1O/C(=C\c1cccc(F)c1)C2=O. The summed E-state index contributed by atoms with van der Waals surface area (Å²) in [5.41, 5.74) is 2.48. The first-order valence-electron chi connectivity index (χ1n) is 8.82. The van der Waals surface area contributed by atoms with Crippen molar-refractivity contribution in [2.75, 3.05) is 0 Å². The van der Waals surface area contributed by atoms with Gasteiger partial charge in [-0.2, -0.15) is 0 Å². The van der Waals surface area contributed by atoms with Crippen molar-refractivity contribution in [1.82, 2.24) is 0 Å². The van der Waals surface area contributed by atoms with Gasteiger partial charge in [-0.05, 0) is 55.0 Å². The molecule has 0 saturated heterocycles. The summed E-state index contributed by atoms with van der Waals surface area (Å²) < 4.78 is 25.1. The fourth-order valence-electron chi connectivity index (χ4n) is 3.07. The van der Waals surface area contributed by atoms with Gasteiger partial charge in [0.25, 0.3) is 0 Å². The number of carbonyl (C=O) groups is 1. The smallest absolute Gasteiger partial charge is 0.231 e. The maximum Gasteiger partial charge on any atom is 0.231 e. The Hall–Kier alpha value is -2.82. The standard InChI is InChI=1S/C23H15Cl2FO3/c1-13-20(28-12-15-5-6-16(24)11-19(15)25)8-7-18-22(27)21(29-23(13)18)10-14-3-2-4-17(26)9-14/h2-11H,12H2,1H3/b21-10-. The van der Waals surface area contributed by atoms with Crippen LogP contribution in [-0.2, 0) is 6.61 Å². The van der Waals surface area contributed by atoms with E-state index < -0.39 is 0 Å². The number of rotatable bonds is 4. The van der Waals surface area contributed by atoms with Gasteiger partial charge >= 0.3 is 0 Å². The number of Topliss-reactive ketones (excluding diaryl/α,β-unsaturated/α-hetero) is 1. The molecule has 0 atom stereocenters. The number of fused-ring (bicyclic) bond motifs is 1. The zero-order valence-corrected chi connectivity index (χ0v) is 16.9. The van der Waals surface area contributed by atoms with Crippen molar-refractivity contribution < 1.29 is 18.7 Å². The first-order chi connectivity index (χ1) is 13.9. The molecule has 1 heterocycles. The quantitative estimate of drug-likeness (QED) is 0.437. The van der Waals surface area contributed by atoms with Crippen molar-refractivity contribution in [3.63, 3.8) is 0 Å². The van der Waals surface area contributed by atoms with E-state index in [1.165, 1.54) is 18.2 Å².